The van der Waals surface area contributed by atoms with E-state index in [0.717, 1.165) is 11.8 Å². The second-order valence-corrected chi connectivity index (χ2v) is 8.04. The van der Waals surface area contributed by atoms with Crippen LogP contribution >= 0.6 is 24.0 Å². The number of carboxylic acid groups (broad SMARTS) is 1. The number of oxazole rings is 1. The van der Waals surface area contributed by atoms with Crippen molar-refractivity contribution in [2.24, 2.45) is 0 Å². The number of aliphatic carboxylic acids is 1. The third kappa shape index (κ3) is 4.89. The van der Waals surface area contributed by atoms with Gasteiger partial charge in [-0.05, 0) is 6.07 Å². The summed E-state index contributed by atoms with van der Waals surface area (Å²) in [6.07, 6.45) is -0.0498. The van der Waals surface area contributed by atoms with Crippen molar-refractivity contribution in [2.45, 2.75) is 32.6 Å². The number of carboxylic acids is 1. The topological polar surface area (TPSA) is 119 Å². The van der Waals surface area contributed by atoms with Gasteiger partial charge in [-0.3, -0.25) is 14.9 Å². The monoisotopic (exact) mass is 383 g/mol. The Hall–Kier alpha value is -2.20. The molecule has 8 nitrogen and oxygen atoms in total. The van der Waals surface area contributed by atoms with E-state index in [-0.39, 0.29) is 33.3 Å². The molecule has 1 aromatic carbocycles. The SMILES string of the molecule is CC(C)(C)c1nc2cc(NC(=S)SCCC(=O)O)c([N+](=O)[O-])cc2o1. The van der Waals surface area contributed by atoms with Crippen LogP contribution in [0.2, 0.25) is 0 Å². The summed E-state index contributed by atoms with van der Waals surface area (Å²) in [6, 6.07) is 2.82. The van der Waals surface area contributed by atoms with Gasteiger partial charge in [0, 0.05) is 11.2 Å². The van der Waals surface area contributed by atoms with Gasteiger partial charge in [-0.1, -0.05) is 44.8 Å². The third-order valence-corrected chi connectivity index (χ3v) is 4.36. The van der Waals surface area contributed by atoms with Crippen LogP contribution in [0, 0.1) is 10.1 Å². The van der Waals surface area contributed by atoms with Crippen LogP contribution < -0.4 is 5.32 Å². The minimum absolute atomic E-state index is 0.0498. The molecule has 10 heteroatoms. The van der Waals surface area contributed by atoms with Gasteiger partial charge >= 0.3 is 5.97 Å². The van der Waals surface area contributed by atoms with Crippen molar-refractivity contribution in [3.63, 3.8) is 0 Å². The van der Waals surface area contributed by atoms with Gasteiger partial charge in [0.15, 0.2) is 5.58 Å². The molecule has 2 rings (SSSR count). The summed E-state index contributed by atoms with van der Waals surface area (Å²) in [5.74, 6) is -0.178. The third-order valence-electron chi connectivity index (χ3n) is 3.13. The molecule has 1 aromatic heterocycles. The van der Waals surface area contributed by atoms with Crippen LogP contribution in [0.5, 0.6) is 0 Å². The zero-order valence-electron chi connectivity index (χ0n) is 13.9. The van der Waals surface area contributed by atoms with E-state index in [1.54, 1.807) is 0 Å². The first-order valence-electron chi connectivity index (χ1n) is 7.33. The fourth-order valence-electron chi connectivity index (χ4n) is 1.91. The van der Waals surface area contributed by atoms with E-state index >= 15 is 0 Å². The summed E-state index contributed by atoms with van der Waals surface area (Å²) >= 11 is 6.22. The zero-order valence-corrected chi connectivity index (χ0v) is 15.5. The molecule has 0 aliphatic heterocycles. The number of nitrogens with zero attached hydrogens (tertiary/aromatic N) is 2. The van der Waals surface area contributed by atoms with Crippen LogP contribution in [0.1, 0.15) is 33.1 Å². The molecular formula is C15H17N3O5S2. The van der Waals surface area contributed by atoms with Crippen LogP contribution in [-0.4, -0.2) is 31.1 Å². The lowest BCUT2D eigenvalue weighted by Gasteiger charge is -2.11. The Balaban J connectivity index is 2.31. The number of carbonyl (C=O) groups is 1. The first kappa shape index (κ1) is 19.1. The largest absolute Gasteiger partial charge is 0.481 e. The second-order valence-electron chi connectivity index (χ2n) is 6.27. The van der Waals surface area contributed by atoms with Crippen LogP contribution in [0.3, 0.4) is 0 Å². The lowest BCUT2D eigenvalue weighted by molar-refractivity contribution is -0.383. The summed E-state index contributed by atoms with van der Waals surface area (Å²) in [6.45, 7) is 5.79. The molecule has 134 valence electrons. The van der Waals surface area contributed by atoms with Gasteiger partial charge in [0.05, 0.1) is 17.4 Å². The molecule has 0 unspecified atom stereocenters. The highest BCUT2D eigenvalue weighted by Crippen LogP contribution is 2.33. The van der Waals surface area contributed by atoms with Gasteiger partial charge in [-0.25, -0.2) is 4.98 Å². The molecule has 0 atom stereocenters. The van der Waals surface area contributed by atoms with Crippen molar-refractivity contribution in [2.75, 3.05) is 11.1 Å². The van der Waals surface area contributed by atoms with Gasteiger partial charge in [0.2, 0.25) is 5.89 Å². The van der Waals surface area contributed by atoms with E-state index < -0.39 is 10.9 Å². The fourth-order valence-corrected chi connectivity index (χ4v) is 2.92. The van der Waals surface area contributed by atoms with Crippen molar-refractivity contribution in [1.82, 2.24) is 4.98 Å². The molecule has 2 N–H and O–H groups in total. The summed E-state index contributed by atoms with van der Waals surface area (Å²) in [7, 11) is 0. The van der Waals surface area contributed by atoms with E-state index in [2.05, 4.69) is 10.3 Å². The Bertz CT molecular complexity index is 842. The number of hydrogen-bond acceptors (Lipinski definition) is 7. The predicted octanol–water partition coefficient (Wildman–Crippen LogP) is 3.94. The number of nitro groups is 1. The predicted molar refractivity (Wildman–Crippen MR) is 100 cm³/mol. The number of fused-ring (bicyclic) bond motifs is 1. The number of rotatable bonds is 5. The number of nitrogens with one attached hydrogen (secondary N) is 1. The fraction of sp³-hybridized carbons (Fsp3) is 0.400. The molecule has 0 fully saturated rings. The van der Waals surface area contributed by atoms with Crippen LogP contribution in [0.25, 0.3) is 11.1 Å². The highest BCUT2D eigenvalue weighted by molar-refractivity contribution is 8.23. The molecular weight excluding hydrogens is 366 g/mol. The lowest BCUT2D eigenvalue weighted by atomic mass is 9.97. The normalized spacial score (nSPS) is 11.5. The number of aromatic nitrogens is 1. The molecule has 0 bridgehead atoms. The molecule has 0 aliphatic carbocycles. The molecule has 0 saturated heterocycles. The quantitative estimate of drug-likeness (QED) is 0.449. The second kappa shape index (κ2) is 7.36. The molecule has 0 aliphatic rings. The van der Waals surface area contributed by atoms with E-state index in [9.17, 15) is 14.9 Å². The number of nitro benzene ring substituents is 1. The van der Waals surface area contributed by atoms with Gasteiger partial charge in [0.1, 0.15) is 15.5 Å². The smallest absolute Gasteiger partial charge is 0.304 e. The van der Waals surface area contributed by atoms with Crippen molar-refractivity contribution in [3.8, 4) is 0 Å². The van der Waals surface area contributed by atoms with E-state index in [1.165, 1.54) is 12.1 Å². The summed E-state index contributed by atoms with van der Waals surface area (Å²) in [5.41, 5.74) is 0.482. The Morgan fingerprint density at radius 1 is 1.48 bits per heavy atom. The van der Waals surface area contributed by atoms with Crippen molar-refractivity contribution in [3.05, 3.63) is 28.1 Å². The first-order valence-corrected chi connectivity index (χ1v) is 8.72. The summed E-state index contributed by atoms with van der Waals surface area (Å²) in [5, 5.41) is 22.7. The highest BCUT2D eigenvalue weighted by Gasteiger charge is 2.24. The van der Waals surface area contributed by atoms with Gasteiger partial charge in [0.25, 0.3) is 5.69 Å². The maximum Gasteiger partial charge on any atom is 0.304 e. The van der Waals surface area contributed by atoms with Crippen LogP contribution in [0.4, 0.5) is 11.4 Å². The Labute approximate surface area is 153 Å². The first-order chi connectivity index (χ1) is 11.6. The van der Waals surface area contributed by atoms with Gasteiger partial charge < -0.3 is 14.8 Å². The van der Waals surface area contributed by atoms with Crippen molar-refractivity contribution in [1.29, 1.82) is 0 Å². The molecule has 2 aromatic rings. The molecule has 0 saturated carbocycles. The molecule has 0 radical (unpaired) electrons. The van der Waals surface area contributed by atoms with Crippen molar-refractivity contribution < 1.29 is 19.2 Å². The van der Waals surface area contributed by atoms with E-state index in [0.29, 0.717) is 17.0 Å². The average Bonchev–Trinajstić information content (AvgIpc) is 2.88. The van der Waals surface area contributed by atoms with Crippen LogP contribution in [-0.2, 0) is 10.2 Å². The number of benzene rings is 1. The Kier molecular flexibility index (Phi) is 5.63. The standard InChI is InChI=1S/C15H17N3O5S2/c1-15(2,3)13-16-9-6-8(10(18(21)22)7-11(9)23-13)17-14(24)25-5-4-12(19)20/h6-7H,4-5H2,1-3H3,(H,17,24)(H,19,20). The molecule has 0 amide bonds. The molecule has 0 spiro atoms. The maximum atomic E-state index is 11.3. The van der Waals surface area contributed by atoms with Crippen LogP contribution in [0.15, 0.2) is 16.5 Å². The number of anilines is 1. The minimum Gasteiger partial charge on any atom is -0.481 e. The number of hydrogen-bond donors (Lipinski definition) is 2. The van der Waals surface area contributed by atoms with E-state index in [4.69, 9.17) is 21.7 Å². The Morgan fingerprint density at radius 3 is 2.72 bits per heavy atom. The van der Waals surface area contributed by atoms with Crippen molar-refractivity contribution >= 4 is 56.7 Å². The average molecular weight is 383 g/mol. The Morgan fingerprint density at radius 2 is 2.16 bits per heavy atom. The number of thiocarbonyl (C=S) groups is 1. The minimum atomic E-state index is -0.931. The van der Waals surface area contributed by atoms with Gasteiger partial charge in [-0.2, -0.15) is 0 Å². The molecule has 25 heavy (non-hydrogen) atoms. The molecule has 1 heterocycles. The zero-order chi connectivity index (χ0) is 18.8. The highest BCUT2D eigenvalue weighted by atomic mass is 32.2. The number of thioether (sulfide) groups is 1. The lowest BCUT2D eigenvalue weighted by Crippen LogP contribution is -2.11. The maximum absolute atomic E-state index is 11.3. The summed E-state index contributed by atoms with van der Waals surface area (Å²) < 4.78 is 5.88. The summed E-state index contributed by atoms with van der Waals surface area (Å²) in [4.78, 5) is 25.7. The van der Waals surface area contributed by atoms with Gasteiger partial charge in [-0.15, -0.1) is 0 Å². The van der Waals surface area contributed by atoms with E-state index in [1.807, 2.05) is 20.8 Å².